The molecule has 0 bridgehead atoms. The number of ether oxygens (including phenoxy) is 3. The van der Waals surface area contributed by atoms with Gasteiger partial charge in [-0.05, 0) is 25.0 Å². The first-order valence-electron chi connectivity index (χ1n) is 9.62. The van der Waals surface area contributed by atoms with Crippen LogP contribution in [0.15, 0.2) is 24.3 Å². The van der Waals surface area contributed by atoms with Crippen molar-refractivity contribution in [1.82, 2.24) is 4.90 Å². The molecular formula is C20H26N2O5. The first kappa shape index (κ1) is 18.3. The van der Waals surface area contributed by atoms with E-state index in [0.717, 1.165) is 18.5 Å². The number of carbonyl (C=O) groups is 2. The molecule has 0 N–H and O–H groups in total. The fourth-order valence-corrected chi connectivity index (χ4v) is 4.20. The summed E-state index contributed by atoms with van der Waals surface area (Å²) in [7, 11) is 1.60. The van der Waals surface area contributed by atoms with Crippen LogP contribution >= 0.6 is 0 Å². The summed E-state index contributed by atoms with van der Waals surface area (Å²) in [5.41, 5.74) is 0.781. The van der Waals surface area contributed by atoms with Crippen LogP contribution in [0.5, 0.6) is 5.75 Å². The average molecular weight is 374 g/mol. The van der Waals surface area contributed by atoms with Crippen molar-refractivity contribution in [1.29, 1.82) is 0 Å². The van der Waals surface area contributed by atoms with Crippen molar-refractivity contribution in [2.24, 2.45) is 11.8 Å². The van der Waals surface area contributed by atoms with Gasteiger partial charge in [-0.1, -0.05) is 6.07 Å². The summed E-state index contributed by atoms with van der Waals surface area (Å²) in [4.78, 5) is 29.0. The number of carbonyl (C=O) groups excluding carboxylic acids is 2. The molecule has 4 rings (SSSR count). The van der Waals surface area contributed by atoms with Crippen molar-refractivity contribution in [3.63, 3.8) is 0 Å². The van der Waals surface area contributed by atoms with Crippen LogP contribution in [-0.4, -0.2) is 63.0 Å². The van der Waals surface area contributed by atoms with Crippen LogP contribution in [-0.2, 0) is 19.1 Å². The molecule has 0 aromatic heterocycles. The molecule has 1 unspecified atom stereocenters. The molecule has 0 spiro atoms. The fraction of sp³-hybridized carbons (Fsp3) is 0.600. The van der Waals surface area contributed by atoms with Crippen molar-refractivity contribution in [3.8, 4) is 5.75 Å². The number of nitrogens with zero attached hydrogens (tertiary/aromatic N) is 2. The van der Waals surface area contributed by atoms with Gasteiger partial charge in [-0.2, -0.15) is 0 Å². The molecule has 3 aliphatic heterocycles. The van der Waals surface area contributed by atoms with E-state index in [4.69, 9.17) is 14.2 Å². The SMILES string of the molecule is COc1cccc(N2CC(C(=O)N3CCC(C4OCCO4)CC3)CC2=O)c1. The first-order valence-corrected chi connectivity index (χ1v) is 9.62. The molecule has 1 atom stereocenters. The van der Waals surface area contributed by atoms with Gasteiger partial charge in [0.05, 0.1) is 26.2 Å². The fourth-order valence-electron chi connectivity index (χ4n) is 4.20. The lowest BCUT2D eigenvalue weighted by molar-refractivity contribution is -0.140. The summed E-state index contributed by atoms with van der Waals surface area (Å²) in [6.07, 6.45) is 1.93. The summed E-state index contributed by atoms with van der Waals surface area (Å²) in [6, 6.07) is 7.40. The third kappa shape index (κ3) is 3.80. The maximum atomic E-state index is 12.9. The molecule has 3 heterocycles. The second-order valence-corrected chi connectivity index (χ2v) is 7.38. The lowest BCUT2D eigenvalue weighted by atomic mass is 9.95. The Morgan fingerprint density at radius 2 is 1.93 bits per heavy atom. The van der Waals surface area contributed by atoms with Crippen molar-refractivity contribution >= 4 is 17.5 Å². The van der Waals surface area contributed by atoms with Gasteiger partial charge in [0.15, 0.2) is 6.29 Å². The molecule has 146 valence electrons. The zero-order valence-corrected chi connectivity index (χ0v) is 15.6. The van der Waals surface area contributed by atoms with Gasteiger partial charge in [0, 0.05) is 43.7 Å². The van der Waals surface area contributed by atoms with Gasteiger partial charge < -0.3 is 24.0 Å². The topological polar surface area (TPSA) is 68.3 Å². The van der Waals surface area contributed by atoms with E-state index in [2.05, 4.69) is 0 Å². The predicted octanol–water partition coefficient (Wildman–Crippen LogP) is 1.66. The molecule has 0 aliphatic carbocycles. The summed E-state index contributed by atoms with van der Waals surface area (Å²) in [6.45, 7) is 3.16. The third-order valence-electron chi connectivity index (χ3n) is 5.72. The van der Waals surface area contributed by atoms with E-state index in [0.29, 0.717) is 44.5 Å². The maximum Gasteiger partial charge on any atom is 0.228 e. The molecule has 27 heavy (non-hydrogen) atoms. The molecule has 0 saturated carbocycles. The second-order valence-electron chi connectivity index (χ2n) is 7.38. The summed E-state index contributed by atoms with van der Waals surface area (Å²) < 4.78 is 16.4. The zero-order chi connectivity index (χ0) is 18.8. The zero-order valence-electron chi connectivity index (χ0n) is 15.6. The van der Waals surface area contributed by atoms with Gasteiger partial charge in [0.2, 0.25) is 11.8 Å². The highest BCUT2D eigenvalue weighted by Gasteiger charge is 2.39. The van der Waals surface area contributed by atoms with E-state index in [-0.39, 0.29) is 30.4 Å². The number of benzene rings is 1. The van der Waals surface area contributed by atoms with Crippen molar-refractivity contribution in [3.05, 3.63) is 24.3 Å². The van der Waals surface area contributed by atoms with E-state index >= 15 is 0 Å². The Labute approximate surface area is 159 Å². The molecule has 1 aromatic carbocycles. The van der Waals surface area contributed by atoms with Crippen LogP contribution in [0.25, 0.3) is 0 Å². The number of likely N-dealkylation sites (tertiary alicyclic amines) is 1. The Balaban J connectivity index is 1.35. The highest BCUT2D eigenvalue weighted by molar-refractivity contribution is 6.00. The van der Waals surface area contributed by atoms with Gasteiger partial charge >= 0.3 is 0 Å². The van der Waals surface area contributed by atoms with Gasteiger partial charge in [0.1, 0.15) is 5.75 Å². The largest absolute Gasteiger partial charge is 0.497 e. The number of hydrogen-bond donors (Lipinski definition) is 0. The number of rotatable bonds is 4. The van der Waals surface area contributed by atoms with E-state index in [1.54, 1.807) is 12.0 Å². The van der Waals surface area contributed by atoms with Crippen molar-refractivity contribution in [2.45, 2.75) is 25.6 Å². The Morgan fingerprint density at radius 1 is 1.19 bits per heavy atom. The highest BCUT2D eigenvalue weighted by atomic mass is 16.7. The summed E-state index contributed by atoms with van der Waals surface area (Å²) >= 11 is 0. The molecule has 3 fully saturated rings. The minimum atomic E-state index is -0.278. The minimum absolute atomic E-state index is 0.00996. The van der Waals surface area contributed by atoms with Crippen LogP contribution < -0.4 is 9.64 Å². The Hall–Kier alpha value is -2.12. The first-order chi connectivity index (χ1) is 13.2. The number of anilines is 1. The molecule has 7 nitrogen and oxygen atoms in total. The standard InChI is InChI=1S/C20H26N2O5/c1-25-17-4-2-3-16(12-17)22-13-15(11-18(22)23)19(24)21-7-5-14(6-8-21)20-26-9-10-27-20/h2-4,12,14-15,20H,5-11,13H2,1H3. The van der Waals surface area contributed by atoms with Crippen LogP contribution in [0.4, 0.5) is 5.69 Å². The number of piperidine rings is 1. The Morgan fingerprint density at radius 3 is 2.63 bits per heavy atom. The minimum Gasteiger partial charge on any atom is -0.497 e. The Kier molecular flexibility index (Phi) is 5.31. The number of methoxy groups -OCH3 is 1. The monoisotopic (exact) mass is 374 g/mol. The second kappa shape index (κ2) is 7.86. The maximum absolute atomic E-state index is 12.9. The molecule has 2 amide bonds. The molecule has 3 saturated heterocycles. The smallest absolute Gasteiger partial charge is 0.228 e. The van der Waals surface area contributed by atoms with Gasteiger partial charge in [-0.15, -0.1) is 0 Å². The van der Waals surface area contributed by atoms with Crippen LogP contribution in [0.1, 0.15) is 19.3 Å². The van der Waals surface area contributed by atoms with Crippen LogP contribution in [0.3, 0.4) is 0 Å². The normalized spacial score (nSPS) is 24.6. The van der Waals surface area contributed by atoms with Gasteiger partial charge in [0.25, 0.3) is 0 Å². The van der Waals surface area contributed by atoms with Crippen molar-refractivity contribution in [2.75, 3.05) is 44.9 Å². The van der Waals surface area contributed by atoms with Crippen LogP contribution in [0.2, 0.25) is 0 Å². The van der Waals surface area contributed by atoms with Crippen molar-refractivity contribution < 1.29 is 23.8 Å². The summed E-state index contributed by atoms with van der Waals surface area (Å²) in [5.74, 6) is 0.854. The predicted molar refractivity (Wildman–Crippen MR) is 98.5 cm³/mol. The lowest BCUT2D eigenvalue weighted by Crippen LogP contribution is -2.44. The molecule has 0 radical (unpaired) electrons. The molecule has 7 heteroatoms. The summed E-state index contributed by atoms with van der Waals surface area (Å²) in [5, 5.41) is 0. The van der Waals surface area contributed by atoms with E-state index in [9.17, 15) is 9.59 Å². The lowest BCUT2D eigenvalue weighted by Gasteiger charge is -2.35. The van der Waals surface area contributed by atoms with Crippen LogP contribution in [0, 0.1) is 11.8 Å². The van der Waals surface area contributed by atoms with E-state index in [1.165, 1.54) is 0 Å². The highest BCUT2D eigenvalue weighted by Crippen LogP contribution is 2.31. The third-order valence-corrected chi connectivity index (χ3v) is 5.72. The van der Waals surface area contributed by atoms with Gasteiger partial charge in [-0.3, -0.25) is 9.59 Å². The quantitative estimate of drug-likeness (QED) is 0.802. The number of hydrogen-bond acceptors (Lipinski definition) is 5. The number of amides is 2. The van der Waals surface area contributed by atoms with E-state index in [1.807, 2.05) is 29.2 Å². The molecule has 1 aromatic rings. The Bertz CT molecular complexity index is 695. The average Bonchev–Trinajstić information content (AvgIpc) is 3.37. The van der Waals surface area contributed by atoms with E-state index < -0.39 is 0 Å². The van der Waals surface area contributed by atoms with Gasteiger partial charge in [-0.25, -0.2) is 0 Å². The molecule has 3 aliphatic rings. The molecular weight excluding hydrogens is 348 g/mol.